The molecule has 1 aliphatic carbocycles. The number of aromatic nitrogens is 2. The van der Waals surface area contributed by atoms with Gasteiger partial charge < -0.3 is 20.0 Å². The summed E-state index contributed by atoms with van der Waals surface area (Å²) < 4.78 is 28.4. The lowest BCUT2D eigenvalue weighted by atomic mass is 9.96. The highest BCUT2D eigenvalue weighted by molar-refractivity contribution is 7.89. The summed E-state index contributed by atoms with van der Waals surface area (Å²) in [5, 5.41) is 13.3. The molecule has 0 saturated heterocycles. The van der Waals surface area contributed by atoms with Gasteiger partial charge in [-0.1, -0.05) is 19.3 Å². The molecule has 2 aromatic rings. The van der Waals surface area contributed by atoms with E-state index in [0.717, 1.165) is 38.3 Å². The average Bonchev–Trinajstić information content (AvgIpc) is 3.17. The average molecular weight is 421 g/mol. The van der Waals surface area contributed by atoms with Crippen molar-refractivity contribution in [2.75, 3.05) is 12.4 Å². The molecule has 10 nitrogen and oxygen atoms in total. The summed E-state index contributed by atoms with van der Waals surface area (Å²) in [7, 11) is -1.98. The number of nitrogens with zero attached hydrogens (tertiary/aromatic N) is 4. The SMILES string of the molecule is CN(C1CCCCC1)S(=O)(=O)c1ccc(NC(=O)Cn2cnc([N+](=O)[O-])c2)cc1. The highest BCUT2D eigenvalue weighted by Crippen LogP contribution is 2.27. The van der Waals surface area contributed by atoms with Crippen molar-refractivity contribution >= 4 is 27.4 Å². The monoisotopic (exact) mass is 421 g/mol. The topological polar surface area (TPSA) is 127 Å². The Morgan fingerprint density at radius 2 is 1.93 bits per heavy atom. The predicted octanol–water partition coefficient (Wildman–Crippen LogP) is 2.38. The maximum atomic E-state index is 12.8. The van der Waals surface area contributed by atoms with Gasteiger partial charge in [-0.3, -0.25) is 4.79 Å². The molecule has 0 aliphatic heterocycles. The number of benzene rings is 1. The smallest absolute Gasteiger partial charge is 0.358 e. The number of sulfonamides is 1. The normalized spacial score (nSPS) is 15.4. The molecule has 29 heavy (non-hydrogen) atoms. The van der Waals surface area contributed by atoms with Crippen LogP contribution in [-0.2, 0) is 21.4 Å². The second-order valence-electron chi connectivity index (χ2n) is 7.05. The number of nitrogens with one attached hydrogen (secondary N) is 1. The molecule has 0 atom stereocenters. The molecule has 1 amide bonds. The number of nitro groups is 1. The van der Waals surface area contributed by atoms with Crippen LogP contribution >= 0.6 is 0 Å². The van der Waals surface area contributed by atoms with Crippen LogP contribution in [0.4, 0.5) is 11.5 Å². The first-order valence-corrected chi connectivity index (χ1v) is 10.8. The quantitative estimate of drug-likeness (QED) is 0.540. The van der Waals surface area contributed by atoms with Crippen LogP contribution in [0.5, 0.6) is 0 Å². The summed E-state index contributed by atoms with van der Waals surface area (Å²) in [6.45, 7) is -0.148. The van der Waals surface area contributed by atoms with Crippen molar-refractivity contribution in [2.45, 2.75) is 49.6 Å². The number of imidazole rings is 1. The molecular formula is C18H23N5O5S. The summed E-state index contributed by atoms with van der Waals surface area (Å²) >= 11 is 0. The fourth-order valence-electron chi connectivity index (χ4n) is 3.41. The summed E-state index contributed by atoms with van der Waals surface area (Å²) in [6, 6.07) is 6.00. The van der Waals surface area contributed by atoms with Crippen molar-refractivity contribution in [1.82, 2.24) is 13.9 Å². The molecule has 156 valence electrons. The lowest BCUT2D eigenvalue weighted by Gasteiger charge is -2.30. The first kappa shape index (κ1) is 20.9. The van der Waals surface area contributed by atoms with Gasteiger partial charge in [-0.15, -0.1) is 0 Å². The number of hydrogen-bond acceptors (Lipinski definition) is 6. The van der Waals surface area contributed by atoms with E-state index in [2.05, 4.69) is 10.3 Å². The number of rotatable bonds is 7. The molecule has 0 bridgehead atoms. The Morgan fingerprint density at radius 1 is 1.28 bits per heavy atom. The van der Waals surface area contributed by atoms with Crippen LogP contribution in [-0.4, -0.2) is 46.2 Å². The van der Waals surface area contributed by atoms with Crippen molar-refractivity contribution in [3.63, 3.8) is 0 Å². The molecule has 1 fully saturated rings. The van der Waals surface area contributed by atoms with E-state index in [-0.39, 0.29) is 23.3 Å². The minimum atomic E-state index is -3.59. The number of carbonyl (C=O) groups excluding carboxylic acids is 1. The lowest BCUT2D eigenvalue weighted by Crippen LogP contribution is -2.38. The minimum Gasteiger partial charge on any atom is -0.358 e. The molecule has 1 aromatic heterocycles. The number of amides is 1. The second kappa shape index (κ2) is 8.70. The van der Waals surface area contributed by atoms with E-state index in [9.17, 15) is 23.3 Å². The van der Waals surface area contributed by atoms with E-state index in [4.69, 9.17) is 0 Å². The van der Waals surface area contributed by atoms with Gasteiger partial charge in [-0.2, -0.15) is 4.31 Å². The molecule has 11 heteroatoms. The Bertz CT molecular complexity index is 980. The van der Waals surface area contributed by atoms with Crippen LogP contribution in [0.3, 0.4) is 0 Å². The maximum absolute atomic E-state index is 12.8. The highest BCUT2D eigenvalue weighted by Gasteiger charge is 2.28. The fraction of sp³-hybridized carbons (Fsp3) is 0.444. The van der Waals surface area contributed by atoms with Crippen LogP contribution in [0.1, 0.15) is 32.1 Å². The van der Waals surface area contributed by atoms with E-state index < -0.39 is 20.9 Å². The van der Waals surface area contributed by atoms with Gasteiger partial charge in [-0.25, -0.2) is 8.42 Å². The van der Waals surface area contributed by atoms with Gasteiger partial charge in [0.2, 0.25) is 22.3 Å². The Kier molecular flexibility index (Phi) is 6.28. The lowest BCUT2D eigenvalue weighted by molar-refractivity contribution is -0.389. The Balaban J connectivity index is 1.62. The number of hydrogen-bond donors (Lipinski definition) is 1. The third-order valence-electron chi connectivity index (χ3n) is 5.04. The van der Waals surface area contributed by atoms with E-state index >= 15 is 0 Å². The van der Waals surface area contributed by atoms with Crippen LogP contribution in [0, 0.1) is 10.1 Å². The number of anilines is 1. The molecule has 1 heterocycles. The molecule has 3 rings (SSSR count). The minimum absolute atomic E-state index is 0.0207. The van der Waals surface area contributed by atoms with Crippen molar-refractivity contribution in [3.8, 4) is 0 Å². The van der Waals surface area contributed by atoms with Crippen LogP contribution in [0.25, 0.3) is 0 Å². The zero-order valence-corrected chi connectivity index (χ0v) is 16.8. The fourth-order valence-corrected chi connectivity index (χ4v) is 4.83. The molecule has 1 N–H and O–H groups in total. The maximum Gasteiger partial charge on any atom is 0.381 e. The molecule has 1 aliphatic rings. The summed E-state index contributed by atoms with van der Waals surface area (Å²) in [6.07, 6.45) is 7.33. The predicted molar refractivity (Wildman–Crippen MR) is 106 cm³/mol. The van der Waals surface area contributed by atoms with Crippen molar-refractivity contribution in [3.05, 3.63) is 46.9 Å². The van der Waals surface area contributed by atoms with Gasteiger partial charge in [0.25, 0.3) is 0 Å². The Hall–Kier alpha value is -2.79. The van der Waals surface area contributed by atoms with E-state index in [1.54, 1.807) is 7.05 Å². The van der Waals surface area contributed by atoms with Crippen LogP contribution < -0.4 is 5.32 Å². The van der Waals surface area contributed by atoms with Gasteiger partial charge in [0.15, 0.2) is 0 Å². The van der Waals surface area contributed by atoms with Gasteiger partial charge in [0.1, 0.15) is 12.7 Å². The highest BCUT2D eigenvalue weighted by atomic mass is 32.2. The largest absolute Gasteiger partial charge is 0.381 e. The zero-order chi connectivity index (χ0) is 21.0. The molecule has 0 unspecified atom stereocenters. The molecule has 0 radical (unpaired) electrons. The summed E-state index contributed by atoms with van der Waals surface area (Å²) in [4.78, 5) is 25.8. The van der Waals surface area contributed by atoms with Crippen molar-refractivity contribution in [2.24, 2.45) is 0 Å². The standard InChI is InChI=1S/C18H23N5O5S/c1-21(15-5-3-2-4-6-15)29(27,28)16-9-7-14(8-10-16)20-18(24)12-22-11-17(19-13-22)23(25)26/h7-11,13,15H,2-6,12H2,1H3,(H,20,24). The second-order valence-corrected chi connectivity index (χ2v) is 9.04. The van der Waals surface area contributed by atoms with E-state index in [0.29, 0.717) is 5.69 Å². The van der Waals surface area contributed by atoms with Gasteiger partial charge in [0, 0.05) is 18.8 Å². The third-order valence-corrected chi connectivity index (χ3v) is 6.96. The van der Waals surface area contributed by atoms with Crippen LogP contribution in [0.15, 0.2) is 41.7 Å². The van der Waals surface area contributed by atoms with Crippen molar-refractivity contribution < 1.29 is 18.1 Å². The van der Waals surface area contributed by atoms with Gasteiger partial charge >= 0.3 is 5.82 Å². The summed E-state index contributed by atoms with van der Waals surface area (Å²) in [5.41, 5.74) is 0.434. The van der Waals surface area contributed by atoms with E-state index in [1.165, 1.54) is 39.5 Å². The number of carbonyl (C=O) groups is 1. The summed E-state index contributed by atoms with van der Waals surface area (Å²) in [5.74, 6) is -0.748. The first-order chi connectivity index (χ1) is 13.8. The van der Waals surface area contributed by atoms with Crippen molar-refractivity contribution in [1.29, 1.82) is 0 Å². The molecule has 1 saturated carbocycles. The third kappa shape index (κ3) is 4.98. The molecule has 1 aromatic carbocycles. The Morgan fingerprint density at radius 3 is 2.52 bits per heavy atom. The zero-order valence-electron chi connectivity index (χ0n) is 16.0. The van der Waals surface area contributed by atoms with Crippen LogP contribution in [0.2, 0.25) is 0 Å². The molecule has 0 spiro atoms. The Labute approximate surface area is 168 Å². The van der Waals surface area contributed by atoms with E-state index in [1.807, 2.05) is 0 Å². The first-order valence-electron chi connectivity index (χ1n) is 9.31. The van der Waals surface area contributed by atoms with Gasteiger partial charge in [0.05, 0.1) is 4.90 Å². The van der Waals surface area contributed by atoms with Gasteiger partial charge in [-0.05, 0) is 47.0 Å². The molecular weight excluding hydrogens is 398 g/mol.